The first-order valence-corrected chi connectivity index (χ1v) is 20.1. The number of anilines is 1. The zero-order valence-electron chi connectivity index (χ0n) is 31.6. The molecule has 4 aliphatic rings. The number of methoxy groups -OCH3 is 1. The molecule has 2 atom stereocenters. The molecule has 0 saturated carbocycles. The predicted molar refractivity (Wildman–Crippen MR) is 199 cm³/mol. The second-order valence-corrected chi connectivity index (χ2v) is 17.7. The maximum atomic E-state index is 13.6. The number of piperidine rings is 3. The van der Waals surface area contributed by atoms with Crippen LogP contribution in [0.5, 0.6) is 0 Å². The summed E-state index contributed by atoms with van der Waals surface area (Å²) >= 11 is 0. The molecule has 14 nitrogen and oxygen atoms in total. The Morgan fingerprint density at radius 2 is 1.63 bits per heavy atom. The number of ether oxygens (including phenoxy) is 2. The maximum absolute atomic E-state index is 13.6. The van der Waals surface area contributed by atoms with Gasteiger partial charge in [0.25, 0.3) is 0 Å². The molecule has 4 saturated heterocycles. The number of amides is 3. The van der Waals surface area contributed by atoms with Crippen LogP contribution in [0, 0.1) is 5.92 Å². The number of benzene rings is 1. The van der Waals surface area contributed by atoms with Crippen molar-refractivity contribution < 1.29 is 32.3 Å². The Hall–Kier alpha value is -3.08. The van der Waals surface area contributed by atoms with Crippen molar-refractivity contribution in [3.8, 4) is 0 Å². The molecule has 5 rings (SSSR count). The summed E-state index contributed by atoms with van der Waals surface area (Å²) in [6, 6.07) is 6.75. The van der Waals surface area contributed by atoms with Gasteiger partial charge in [0, 0.05) is 90.7 Å². The summed E-state index contributed by atoms with van der Waals surface area (Å²) in [5.41, 5.74) is 0.518. The summed E-state index contributed by atoms with van der Waals surface area (Å²) in [6.07, 6.45) is 3.49. The highest BCUT2D eigenvalue weighted by Crippen LogP contribution is 2.31. The molecule has 0 aliphatic carbocycles. The number of rotatable bonds is 12. The van der Waals surface area contributed by atoms with E-state index in [0.29, 0.717) is 56.1 Å². The van der Waals surface area contributed by atoms with Gasteiger partial charge in [-0.2, -0.15) is 4.31 Å². The van der Waals surface area contributed by atoms with Crippen LogP contribution in [0.25, 0.3) is 0 Å². The number of likely N-dealkylation sites (tertiary alicyclic amines) is 1. The molecule has 2 unspecified atom stereocenters. The molecule has 290 valence electrons. The Kier molecular flexibility index (Phi) is 13.1. The third-order valence-corrected chi connectivity index (χ3v) is 12.9. The van der Waals surface area contributed by atoms with Crippen LogP contribution in [0.15, 0.2) is 41.3 Å². The number of hydrogen-bond donors (Lipinski definition) is 3. The lowest BCUT2D eigenvalue weighted by Gasteiger charge is -2.46. The van der Waals surface area contributed by atoms with Gasteiger partial charge in [0.1, 0.15) is 11.3 Å². The molecule has 3 amide bonds. The van der Waals surface area contributed by atoms with Gasteiger partial charge >= 0.3 is 6.09 Å². The minimum absolute atomic E-state index is 0.122. The largest absolute Gasteiger partial charge is 0.444 e. The highest BCUT2D eigenvalue weighted by atomic mass is 32.2. The van der Waals surface area contributed by atoms with Gasteiger partial charge in [-0.25, -0.2) is 13.2 Å². The molecule has 3 N–H and O–H groups in total. The predicted octanol–water partition coefficient (Wildman–Crippen LogP) is 2.51. The first-order valence-electron chi connectivity index (χ1n) is 18.7. The van der Waals surface area contributed by atoms with Crippen molar-refractivity contribution in [2.45, 2.75) is 94.5 Å². The number of nitrogens with one attached hydrogen (secondary N) is 3. The minimum atomic E-state index is -3.67. The number of carbonyl (C=O) groups is 3. The Morgan fingerprint density at radius 3 is 2.25 bits per heavy atom. The van der Waals surface area contributed by atoms with E-state index in [-0.39, 0.29) is 17.9 Å². The van der Waals surface area contributed by atoms with E-state index in [1.54, 1.807) is 19.2 Å². The fourth-order valence-electron chi connectivity index (χ4n) is 7.60. The molecule has 4 aliphatic heterocycles. The van der Waals surface area contributed by atoms with Crippen molar-refractivity contribution in [2.24, 2.45) is 5.92 Å². The van der Waals surface area contributed by atoms with Crippen molar-refractivity contribution in [1.29, 1.82) is 0 Å². The number of piperazine rings is 1. The summed E-state index contributed by atoms with van der Waals surface area (Å²) in [5, 5.41) is 8.53. The zero-order valence-corrected chi connectivity index (χ0v) is 32.4. The van der Waals surface area contributed by atoms with Gasteiger partial charge in [0.15, 0.2) is 0 Å². The smallest absolute Gasteiger partial charge is 0.407 e. The normalized spacial score (nSPS) is 23.6. The van der Waals surface area contributed by atoms with E-state index in [2.05, 4.69) is 37.2 Å². The van der Waals surface area contributed by atoms with Gasteiger partial charge in [-0.15, -0.1) is 0 Å². The van der Waals surface area contributed by atoms with Crippen LogP contribution >= 0.6 is 0 Å². The van der Waals surface area contributed by atoms with Crippen molar-refractivity contribution in [1.82, 2.24) is 30.1 Å². The van der Waals surface area contributed by atoms with E-state index >= 15 is 0 Å². The first-order chi connectivity index (χ1) is 24.6. The molecule has 1 aromatic rings. The van der Waals surface area contributed by atoms with Crippen LogP contribution in [-0.2, 0) is 29.1 Å². The Balaban J connectivity index is 1.05. The van der Waals surface area contributed by atoms with Crippen LogP contribution in [0.2, 0.25) is 0 Å². The van der Waals surface area contributed by atoms with Crippen LogP contribution in [-0.4, -0.2) is 136 Å². The van der Waals surface area contributed by atoms with Gasteiger partial charge in [-0.3, -0.25) is 24.7 Å². The van der Waals surface area contributed by atoms with Gasteiger partial charge < -0.3 is 25.0 Å². The average Bonchev–Trinajstić information content (AvgIpc) is 3.11. The minimum Gasteiger partial charge on any atom is -0.444 e. The first kappa shape index (κ1) is 40.1. The zero-order chi connectivity index (χ0) is 37.7. The number of carbonyl (C=O) groups excluding carboxylic acids is 3. The van der Waals surface area contributed by atoms with Crippen LogP contribution in [0.3, 0.4) is 0 Å². The molecule has 15 heteroatoms. The summed E-state index contributed by atoms with van der Waals surface area (Å²) in [5.74, 6) is 0.0502. The molecule has 52 heavy (non-hydrogen) atoms. The summed E-state index contributed by atoms with van der Waals surface area (Å²) in [4.78, 5) is 43.3. The number of sulfonamides is 1. The molecule has 0 aromatic heterocycles. The maximum Gasteiger partial charge on any atom is 0.407 e. The topological polar surface area (TPSA) is 153 Å². The van der Waals surface area contributed by atoms with Gasteiger partial charge in [0.2, 0.25) is 21.8 Å². The van der Waals surface area contributed by atoms with Crippen molar-refractivity contribution >= 4 is 33.6 Å². The highest BCUT2D eigenvalue weighted by Gasteiger charge is 2.38. The number of imide groups is 1. The van der Waals surface area contributed by atoms with E-state index in [1.165, 1.54) is 4.31 Å². The lowest BCUT2D eigenvalue weighted by atomic mass is 9.92. The Labute approximate surface area is 309 Å². The molecule has 0 radical (unpaired) electrons. The monoisotopic (exact) mass is 745 g/mol. The Bertz CT molecular complexity index is 1540. The van der Waals surface area contributed by atoms with Crippen molar-refractivity contribution in [2.75, 3.05) is 77.5 Å². The van der Waals surface area contributed by atoms with Gasteiger partial charge in [-0.1, -0.05) is 12.6 Å². The van der Waals surface area contributed by atoms with E-state index < -0.39 is 33.5 Å². The fourth-order valence-corrected chi connectivity index (χ4v) is 9.11. The van der Waals surface area contributed by atoms with Crippen LogP contribution in [0.4, 0.5) is 10.5 Å². The molecule has 1 aromatic carbocycles. The summed E-state index contributed by atoms with van der Waals surface area (Å²) in [6.45, 7) is 19.1. The van der Waals surface area contributed by atoms with Gasteiger partial charge in [-0.05, 0) is 89.5 Å². The molecular formula is C37H59N7O7S. The molecular weight excluding hydrogens is 687 g/mol. The number of hydrogen-bond acceptors (Lipinski definition) is 11. The lowest BCUT2D eigenvalue weighted by molar-refractivity contribution is -0.134. The average molecular weight is 746 g/mol. The fraction of sp³-hybridized carbons (Fsp3) is 0.703. The SMILES string of the molecule is C=C(CNC1CCC(=O)NC1=O)C(C)(OC)N1CCC(CN2CCN(c3cccc(S(=O)(=O)N4CCC(NC(=O)OC(C)(C)C)CC4)c3)CC2)CC1. The molecule has 4 fully saturated rings. The van der Waals surface area contributed by atoms with Gasteiger partial charge in [0.05, 0.1) is 10.9 Å². The van der Waals surface area contributed by atoms with E-state index in [9.17, 15) is 22.8 Å². The van der Waals surface area contributed by atoms with Crippen molar-refractivity contribution in [3.05, 3.63) is 36.4 Å². The second kappa shape index (κ2) is 16.9. The Morgan fingerprint density at radius 1 is 0.962 bits per heavy atom. The van der Waals surface area contributed by atoms with E-state index in [4.69, 9.17) is 9.47 Å². The highest BCUT2D eigenvalue weighted by molar-refractivity contribution is 7.89. The third kappa shape index (κ3) is 10.1. The third-order valence-electron chi connectivity index (χ3n) is 11.0. The quantitative estimate of drug-likeness (QED) is 0.214. The van der Waals surface area contributed by atoms with Crippen molar-refractivity contribution in [3.63, 3.8) is 0 Å². The molecule has 0 spiro atoms. The number of alkyl carbamates (subject to hydrolysis) is 1. The van der Waals surface area contributed by atoms with E-state index in [0.717, 1.165) is 69.9 Å². The molecule has 4 heterocycles. The molecule has 0 bridgehead atoms. The summed E-state index contributed by atoms with van der Waals surface area (Å²) in [7, 11) is -1.97. The second-order valence-electron chi connectivity index (χ2n) is 15.7. The summed E-state index contributed by atoms with van der Waals surface area (Å²) < 4.78 is 40.1. The standard InChI is InChI=1S/C37H59N7O7S/c1-27(25-38-32-10-11-33(45)40-34(32)46)37(5,50-6)43-16-12-28(13-17-43)26-41-20-22-42(23-21-41)30-8-7-9-31(24-30)52(48,49)44-18-14-29(15-19-44)39-35(47)51-36(2,3)4/h7-9,24,28-29,32,38H,1,10-23,25-26H2,2-6H3,(H,39,47)(H,40,45,46). The number of nitrogens with zero attached hydrogens (tertiary/aromatic N) is 4. The van der Waals surface area contributed by atoms with E-state index in [1.807, 2.05) is 39.8 Å². The lowest BCUT2D eigenvalue weighted by Crippen LogP contribution is -2.56. The van der Waals surface area contributed by atoms with Crippen LogP contribution in [0.1, 0.15) is 66.2 Å². The van der Waals surface area contributed by atoms with Crippen LogP contribution < -0.4 is 20.9 Å².